The van der Waals surface area contributed by atoms with E-state index >= 15 is 0 Å². The minimum atomic E-state index is 0.296. The van der Waals surface area contributed by atoms with Crippen molar-refractivity contribution in [1.29, 1.82) is 0 Å². The van der Waals surface area contributed by atoms with E-state index in [0.29, 0.717) is 6.04 Å². The number of aryl methyl sites for hydroxylation is 1. The lowest BCUT2D eigenvalue weighted by molar-refractivity contribution is 0.164. The molecule has 5 nitrogen and oxygen atoms in total. The highest BCUT2D eigenvalue weighted by molar-refractivity contribution is 5.24. The molecule has 0 amide bonds. The molecule has 1 unspecified atom stereocenters. The SMILES string of the molecule is CCCn1ccnc1CN1CCc2[nH]cnc2C1Cc1ccccc1. The van der Waals surface area contributed by atoms with Crippen molar-refractivity contribution in [1.82, 2.24) is 24.4 Å². The van der Waals surface area contributed by atoms with Gasteiger partial charge in [-0.1, -0.05) is 37.3 Å². The number of nitrogens with zero attached hydrogens (tertiary/aromatic N) is 4. The first-order valence-electron chi connectivity index (χ1n) is 9.15. The normalized spacial score (nSPS) is 17.6. The Bertz CT molecular complexity index is 804. The fraction of sp³-hybridized carbons (Fsp3) is 0.400. The number of imidazole rings is 2. The van der Waals surface area contributed by atoms with Crippen LogP contribution in [0.15, 0.2) is 49.1 Å². The van der Waals surface area contributed by atoms with E-state index in [9.17, 15) is 0 Å². The zero-order chi connectivity index (χ0) is 17.1. The zero-order valence-electron chi connectivity index (χ0n) is 14.7. The van der Waals surface area contributed by atoms with Crippen LogP contribution in [-0.2, 0) is 25.9 Å². The van der Waals surface area contributed by atoms with Crippen LogP contribution in [-0.4, -0.2) is 31.0 Å². The molecule has 0 radical (unpaired) electrons. The number of hydrogen-bond acceptors (Lipinski definition) is 3. The molecule has 1 atom stereocenters. The van der Waals surface area contributed by atoms with Crippen LogP contribution in [0.25, 0.3) is 0 Å². The van der Waals surface area contributed by atoms with Crippen molar-refractivity contribution in [3.8, 4) is 0 Å². The Hall–Kier alpha value is -2.40. The van der Waals surface area contributed by atoms with Crippen LogP contribution in [0.1, 0.15) is 42.2 Å². The van der Waals surface area contributed by atoms with E-state index < -0.39 is 0 Å². The van der Waals surface area contributed by atoms with Gasteiger partial charge in [0.15, 0.2) is 0 Å². The topological polar surface area (TPSA) is 49.7 Å². The van der Waals surface area contributed by atoms with Crippen LogP contribution < -0.4 is 0 Å². The number of benzene rings is 1. The predicted octanol–water partition coefficient (Wildman–Crippen LogP) is 3.36. The maximum atomic E-state index is 4.65. The Balaban J connectivity index is 1.60. The molecule has 25 heavy (non-hydrogen) atoms. The number of aromatic nitrogens is 4. The van der Waals surface area contributed by atoms with Gasteiger partial charge in [0, 0.05) is 37.6 Å². The first-order valence-corrected chi connectivity index (χ1v) is 9.15. The fourth-order valence-corrected chi connectivity index (χ4v) is 3.77. The fourth-order valence-electron chi connectivity index (χ4n) is 3.77. The number of H-pyrrole nitrogens is 1. The van der Waals surface area contributed by atoms with Crippen LogP contribution >= 0.6 is 0 Å². The summed E-state index contributed by atoms with van der Waals surface area (Å²) in [5, 5.41) is 0. The quantitative estimate of drug-likeness (QED) is 0.751. The van der Waals surface area contributed by atoms with Crippen molar-refractivity contribution < 1.29 is 0 Å². The standard InChI is InChI=1S/C20H25N5/c1-2-10-24-12-9-21-19(24)14-25-11-8-17-20(23-15-22-17)18(25)13-16-6-4-3-5-7-16/h3-7,9,12,15,18H,2,8,10-11,13-14H2,1H3,(H,22,23). The zero-order valence-corrected chi connectivity index (χ0v) is 14.7. The van der Waals surface area contributed by atoms with Gasteiger partial charge < -0.3 is 9.55 Å². The molecule has 0 fully saturated rings. The molecule has 1 aliphatic heterocycles. The summed E-state index contributed by atoms with van der Waals surface area (Å²) in [6.45, 7) is 5.14. The van der Waals surface area contributed by atoms with E-state index in [1.165, 1.54) is 17.0 Å². The lowest BCUT2D eigenvalue weighted by Gasteiger charge is -2.35. The van der Waals surface area contributed by atoms with Gasteiger partial charge in [-0.25, -0.2) is 9.97 Å². The van der Waals surface area contributed by atoms with E-state index in [-0.39, 0.29) is 0 Å². The molecule has 0 saturated carbocycles. The Morgan fingerprint density at radius 1 is 1.20 bits per heavy atom. The van der Waals surface area contributed by atoms with Gasteiger partial charge >= 0.3 is 0 Å². The molecule has 3 aromatic rings. The summed E-state index contributed by atoms with van der Waals surface area (Å²) in [4.78, 5) is 15.1. The van der Waals surface area contributed by atoms with E-state index in [1.807, 2.05) is 12.5 Å². The summed E-state index contributed by atoms with van der Waals surface area (Å²) in [6.07, 6.45) is 8.98. The first-order chi connectivity index (χ1) is 12.3. The van der Waals surface area contributed by atoms with Crippen molar-refractivity contribution >= 4 is 0 Å². The third-order valence-corrected chi connectivity index (χ3v) is 5.04. The highest BCUT2D eigenvalue weighted by Crippen LogP contribution is 2.31. The van der Waals surface area contributed by atoms with Crippen molar-refractivity contribution in [2.45, 2.75) is 45.3 Å². The van der Waals surface area contributed by atoms with Gasteiger partial charge in [0.25, 0.3) is 0 Å². The predicted molar refractivity (Wildman–Crippen MR) is 98.1 cm³/mol. The summed E-state index contributed by atoms with van der Waals surface area (Å²) in [5.41, 5.74) is 3.84. The Labute approximate surface area is 148 Å². The summed E-state index contributed by atoms with van der Waals surface area (Å²) in [7, 11) is 0. The Kier molecular flexibility index (Phi) is 4.65. The smallest absolute Gasteiger partial charge is 0.122 e. The highest BCUT2D eigenvalue weighted by Gasteiger charge is 2.30. The van der Waals surface area contributed by atoms with Crippen LogP contribution in [0.4, 0.5) is 0 Å². The van der Waals surface area contributed by atoms with Crippen LogP contribution in [0.3, 0.4) is 0 Å². The van der Waals surface area contributed by atoms with E-state index in [1.54, 1.807) is 0 Å². The number of fused-ring (bicyclic) bond motifs is 1. The number of nitrogens with one attached hydrogen (secondary N) is 1. The number of hydrogen-bond donors (Lipinski definition) is 1. The van der Waals surface area contributed by atoms with Gasteiger partial charge in [-0.3, -0.25) is 4.90 Å². The maximum Gasteiger partial charge on any atom is 0.122 e. The molecule has 4 rings (SSSR count). The van der Waals surface area contributed by atoms with Gasteiger partial charge in [-0.2, -0.15) is 0 Å². The molecule has 0 spiro atoms. The van der Waals surface area contributed by atoms with Crippen molar-refractivity contribution in [2.75, 3.05) is 6.54 Å². The minimum Gasteiger partial charge on any atom is -0.348 e. The van der Waals surface area contributed by atoms with Gasteiger partial charge in [0.1, 0.15) is 5.82 Å². The minimum absolute atomic E-state index is 0.296. The van der Waals surface area contributed by atoms with Crippen molar-refractivity contribution in [3.63, 3.8) is 0 Å². The third-order valence-electron chi connectivity index (χ3n) is 5.04. The average Bonchev–Trinajstić information content (AvgIpc) is 3.28. The van der Waals surface area contributed by atoms with Gasteiger partial charge in [0.05, 0.1) is 24.6 Å². The summed E-state index contributed by atoms with van der Waals surface area (Å²) in [5.74, 6) is 1.15. The average molecular weight is 335 g/mol. The van der Waals surface area contributed by atoms with Gasteiger partial charge in [-0.05, 0) is 18.4 Å². The summed E-state index contributed by atoms with van der Waals surface area (Å²) >= 11 is 0. The highest BCUT2D eigenvalue weighted by atomic mass is 15.2. The second-order valence-electron chi connectivity index (χ2n) is 6.73. The van der Waals surface area contributed by atoms with Gasteiger partial charge in [0.2, 0.25) is 0 Å². The largest absolute Gasteiger partial charge is 0.348 e. The van der Waals surface area contributed by atoms with Crippen LogP contribution in [0.2, 0.25) is 0 Å². The monoisotopic (exact) mass is 335 g/mol. The molecule has 5 heteroatoms. The molecule has 2 aromatic heterocycles. The molecular formula is C20H25N5. The van der Waals surface area contributed by atoms with Gasteiger partial charge in [-0.15, -0.1) is 0 Å². The molecule has 0 bridgehead atoms. The lowest BCUT2D eigenvalue weighted by atomic mass is 9.96. The van der Waals surface area contributed by atoms with Crippen molar-refractivity contribution in [2.24, 2.45) is 0 Å². The Morgan fingerprint density at radius 2 is 2.08 bits per heavy atom. The second-order valence-corrected chi connectivity index (χ2v) is 6.73. The number of aromatic amines is 1. The second kappa shape index (κ2) is 7.23. The first kappa shape index (κ1) is 16.1. The molecule has 0 aliphatic carbocycles. The van der Waals surface area contributed by atoms with Crippen LogP contribution in [0.5, 0.6) is 0 Å². The molecular weight excluding hydrogens is 310 g/mol. The third kappa shape index (κ3) is 3.37. The molecule has 130 valence electrons. The maximum absolute atomic E-state index is 4.65. The molecule has 1 N–H and O–H groups in total. The molecule has 1 aromatic carbocycles. The Morgan fingerprint density at radius 3 is 2.92 bits per heavy atom. The number of rotatable bonds is 6. The van der Waals surface area contributed by atoms with Crippen molar-refractivity contribution in [3.05, 3.63) is 71.8 Å². The van der Waals surface area contributed by atoms with E-state index in [2.05, 4.69) is 67.9 Å². The molecule has 0 saturated heterocycles. The molecule has 3 heterocycles. The van der Waals surface area contributed by atoms with E-state index in [4.69, 9.17) is 0 Å². The lowest BCUT2D eigenvalue weighted by Crippen LogP contribution is -2.37. The summed E-state index contributed by atoms with van der Waals surface area (Å²) in [6, 6.07) is 11.0. The van der Waals surface area contributed by atoms with Crippen LogP contribution in [0, 0.1) is 0 Å². The summed E-state index contributed by atoms with van der Waals surface area (Å²) < 4.78 is 2.28. The van der Waals surface area contributed by atoms with E-state index in [0.717, 1.165) is 44.7 Å². The molecule has 1 aliphatic rings.